The lowest BCUT2D eigenvalue weighted by Gasteiger charge is -2.44. The minimum absolute atomic E-state index is 0.0147. The number of aliphatic carboxylic acids is 1. The van der Waals surface area contributed by atoms with Gasteiger partial charge in [-0.3, -0.25) is 14.4 Å². The number of carbonyl (C=O) groups excluding carboxylic acids is 4. The number of carboxylic acid groups (broad SMARTS) is 1. The molecule has 3 atom stereocenters. The first-order chi connectivity index (χ1) is 24.0. The number of ether oxygens (including phenoxy) is 1. The number of hydrogen-bond acceptors (Lipinski definition) is 6. The van der Waals surface area contributed by atoms with Crippen LogP contribution in [0, 0.1) is 11.7 Å². The van der Waals surface area contributed by atoms with Gasteiger partial charge in [0.15, 0.2) is 0 Å². The molecule has 0 aromatic heterocycles. The number of carboxylic acids is 1. The number of hydrogen-bond donors (Lipinski definition) is 3. The molecule has 2 aliphatic rings. The first-order valence-corrected chi connectivity index (χ1v) is 17.4. The summed E-state index contributed by atoms with van der Waals surface area (Å²) in [4.78, 5) is 70.5. The molecule has 51 heavy (non-hydrogen) atoms. The van der Waals surface area contributed by atoms with Crippen molar-refractivity contribution >= 4 is 40.6 Å². The maximum Gasteiger partial charge on any atom is 0.408 e. The largest absolute Gasteiger partial charge is 0.480 e. The summed E-state index contributed by atoms with van der Waals surface area (Å²) < 4.78 is 19.1. The van der Waals surface area contributed by atoms with Crippen molar-refractivity contribution in [3.63, 3.8) is 0 Å². The van der Waals surface area contributed by atoms with Crippen LogP contribution in [0.15, 0.2) is 66.7 Å². The van der Waals surface area contributed by atoms with Crippen LogP contribution in [-0.2, 0) is 36.8 Å². The Balaban J connectivity index is 1.39. The van der Waals surface area contributed by atoms with Gasteiger partial charge in [-0.25, -0.2) is 14.0 Å². The molecule has 5 rings (SSSR count). The van der Waals surface area contributed by atoms with Gasteiger partial charge in [0.05, 0.1) is 0 Å². The topological polar surface area (TPSA) is 145 Å². The monoisotopic (exact) mass is 702 g/mol. The van der Waals surface area contributed by atoms with E-state index in [2.05, 4.69) is 10.6 Å². The number of rotatable bonds is 12. The van der Waals surface area contributed by atoms with Crippen LogP contribution in [-0.4, -0.2) is 87.0 Å². The van der Waals surface area contributed by atoms with Gasteiger partial charge in [0.25, 0.3) is 0 Å². The number of carbonyl (C=O) groups is 5. The smallest absolute Gasteiger partial charge is 0.408 e. The van der Waals surface area contributed by atoms with Gasteiger partial charge in [0, 0.05) is 25.9 Å². The lowest BCUT2D eigenvalue weighted by atomic mass is 9.96. The quantitative estimate of drug-likeness (QED) is 0.245. The van der Waals surface area contributed by atoms with Crippen molar-refractivity contribution in [1.82, 2.24) is 20.4 Å². The highest BCUT2D eigenvalue weighted by Crippen LogP contribution is 2.36. The van der Waals surface area contributed by atoms with Crippen molar-refractivity contribution in [3.8, 4) is 0 Å². The van der Waals surface area contributed by atoms with Gasteiger partial charge >= 0.3 is 12.1 Å². The van der Waals surface area contributed by atoms with Gasteiger partial charge in [0.1, 0.15) is 35.1 Å². The second kappa shape index (κ2) is 15.1. The summed E-state index contributed by atoms with van der Waals surface area (Å²) in [6.45, 7) is 8.07. The molecule has 1 aliphatic carbocycles. The zero-order chi connectivity index (χ0) is 37.1. The van der Waals surface area contributed by atoms with E-state index in [-0.39, 0.29) is 31.8 Å². The normalized spacial score (nSPS) is 17.8. The highest BCUT2D eigenvalue weighted by molar-refractivity contribution is 5.97. The van der Waals surface area contributed by atoms with Gasteiger partial charge < -0.3 is 30.3 Å². The maximum atomic E-state index is 14.5. The molecule has 1 saturated heterocycles. The van der Waals surface area contributed by atoms with Gasteiger partial charge in [-0.2, -0.15) is 0 Å². The van der Waals surface area contributed by atoms with Crippen molar-refractivity contribution in [2.45, 2.75) is 96.0 Å². The molecule has 3 N–H and O–H groups in total. The standard InChI is InChI=1S/C39H47FN4O7/c1-38(2,3)51-37(50)42-39(4,5)36(49)41-30(21-24-13-16-29(40)17-14-24)33(45)43-18-19-44(34(46)31(43)22-25-10-11-25)32(35(47)48)23-26-12-15-27-8-6-7-9-28(27)20-26/h6-9,12-17,20,25,30-32H,10-11,18-19,21-23H2,1-5H3,(H,41,49)(H,42,50)(H,47,48). The summed E-state index contributed by atoms with van der Waals surface area (Å²) in [6.07, 6.45) is 1.42. The molecule has 3 aromatic rings. The van der Waals surface area contributed by atoms with Crippen molar-refractivity contribution in [2.24, 2.45) is 5.92 Å². The number of amides is 4. The van der Waals surface area contributed by atoms with Crippen molar-refractivity contribution in [3.05, 3.63) is 83.7 Å². The third-order valence-corrected chi connectivity index (χ3v) is 9.30. The predicted octanol–water partition coefficient (Wildman–Crippen LogP) is 4.84. The number of nitrogens with zero attached hydrogens (tertiary/aromatic N) is 2. The second-order valence-corrected chi connectivity index (χ2v) is 15.1. The van der Waals surface area contributed by atoms with E-state index in [1.165, 1.54) is 47.9 Å². The Bertz CT molecular complexity index is 1780. The minimum atomic E-state index is -1.50. The fraction of sp³-hybridized carbons (Fsp3) is 0.462. The van der Waals surface area contributed by atoms with Crippen LogP contribution in [0.3, 0.4) is 0 Å². The lowest BCUT2D eigenvalue weighted by molar-refractivity contribution is -0.161. The van der Waals surface area contributed by atoms with Crippen LogP contribution in [0.5, 0.6) is 0 Å². The van der Waals surface area contributed by atoms with Gasteiger partial charge in [-0.1, -0.05) is 67.4 Å². The van der Waals surface area contributed by atoms with Crippen molar-refractivity contribution < 1.29 is 38.2 Å². The van der Waals surface area contributed by atoms with E-state index in [0.29, 0.717) is 12.0 Å². The third kappa shape index (κ3) is 9.62. The number of halogens is 1. The SMILES string of the molecule is CC(C)(C)OC(=O)NC(C)(C)C(=O)NC(Cc1ccc(F)cc1)C(=O)N1CCN(C(Cc2ccc3ccccc3c2)C(=O)O)C(=O)C1CC1CC1. The van der Waals surface area contributed by atoms with Gasteiger partial charge in [-0.05, 0) is 81.0 Å². The fourth-order valence-electron chi connectivity index (χ4n) is 6.41. The first kappa shape index (κ1) is 37.3. The van der Waals surface area contributed by atoms with Crippen LogP contribution >= 0.6 is 0 Å². The summed E-state index contributed by atoms with van der Waals surface area (Å²) in [6, 6.07) is 15.8. The van der Waals surface area contributed by atoms with Crippen molar-refractivity contribution in [2.75, 3.05) is 13.1 Å². The lowest BCUT2D eigenvalue weighted by Crippen LogP contribution is -2.66. The zero-order valence-electron chi connectivity index (χ0n) is 29.8. The maximum absolute atomic E-state index is 14.5. The summed E-state index contributed by atoms with van der Waals surface area (Å²) in [5.41, 5.74) is -0.963. The summed E-state index contributed by atoms with van der Waals surface area (Å²) in [5.74, 6) is -3.04. The summed E-state index contributed by atoms with van der Waals surface area (Å²) in [5, 5.41) is 17.7. The Morgan fingerprint density at radius 3 is 2.18 bits per heavy atom. The molecule has 0 spiro atoms. The highest BCUT2D eigenvalue weighted by atomic mass is 19.1. The Kier molecular flexibility index (Phi) is 11.0. The summed E-state index contributed by atoms with van der Waals surface area (Å²) >= 11 is 0. The van der Waals surface area contributed by atoms with Crippen LogP contribution in [0.2, 0.25) is 0 Å². The number of fused-ring (bicyclic) bond motifs is 1. The molecule has 1 aliphatic heterocycles. The molecule has 12 heteroatoms. The molecule has 11 nitrogen and oxygen atoms in total. The molecular formula is C39H47FN4O7. The van der Waals surface area contributed by atoms with Crippen LogP contribution < -0.4 is 10.6 Å². The molecule has 4 amide bonds. The van der Waals surface area contributed by atoms with Crippen LogP contribution in [0.1, 0.15) is 65.0 Å². The highest BCUT2D eigenvalue weighted by Gasteiger charge is 2.46. The zero-order valence-corrected chi connectivity index (χ0v) is 29.8. The molecule has 1 heterocycles. The second-order valence-electron chi connectivity index (χ2n) is 15.1. The first-order valence-electron chi connectivity index (χ1n) is 17.4. The number of piperazine rings is 1. The Labute approximate surface area is 297 Å². The summed E-state index contributed by atoms with van der Waals surface area (Å²) in [7, 11) is 0. The molecule has 3 aromatic carbocycles. The van der Waals surface area contributed by atoms with E-state index in [1.807, 2.05) is 42.5 Å². The molecule has 1 saturated carbocycles. The van der Waals surface area contributed by atoms with Crippen molar-refractivity contribution in [1.29, 1.82) is 0 Å². The van der Waals surface area contributed by atoms with E-state index in [9.17, 15) is 33.5 Å². The van der Waals surface area contributed by atoms with E-state index in [0.717, 1.165) is 29.2 Å². The number of alkyl carbamates (subject to hydrolysis) is 1. The molecule has 0 radical (unpaired) electrons. The van der Waals surface area contributed by atoms with E-state index < -0.39 is 64.9 Å². The average Bonchev–Trinajstić information content (AvgIpc) is 3.88. The molecule has 2 fully saturated rings. The predicted molar refractivity (Wildman–Crippen MR) is 189 cm³/mol. The number of benzene rings is 3. The van der Waals surface area contributed by atoms with Crippen LogP contribution in [0.4, 0.5) is 9.18 Å². The van der Waals surface area contributed by atoms with Gasteiger partial charge in [-0.15, -0.1) is 0 Å². The van der Waals surface area contributed by atoms with Crippen LogP contribution in [0.25, 0.3) is 10.8 Å². The Hall–Kier alpha value is -5.00. The minimum Gasteiger partial charge on any atom is -0.480 e. The fourth-order valence-corrected chi connectivity index (χ4v) is 6.41. The van der Waals surface area contributed by atoms with E-state index in [4.69, 9.17) is 4.74 Å². The molecule has 0 bridgehead atoms. The van der Waals surface area contributed by atoms with Gasteiger partial charge in [0.2, 0.25) is 17.7 Å². The van der Waals surface area contributed by atoms with E-state index >= 15 is 0 Å². The third-order valence-electron chi connectivity index (χ3n) is 9.30. The number of nitrogens with one attached hydrogen (secondary N) is 2. The molecule has 272 valence electrons. The molecule has 3 unspecified atom stereocenters. The van der Waals surface area contributed by atoms with E-state index in [1.54, 1.807) is 20.8 Å². The average molecular weight is 703 g/mol. The Morgan fingerprint density at radius 2 is 1.55 bits per heavy atom. The molecular weight excluding hydrogens is 655 g/mol. The Morgan fingerprint density at radius 1 is 0.902 bits per heavy atom.